The van der Waals surface area contributed by atoms with Crippen LogP contribution in [0.3, 0.4) is 0 Å². The number of amides is 1. The number of ether oxygens (including phenoxy) is 1. The molecule has 0 saturated carbocycles. The number of nitrogens with zero attached hydrogens (tertiary/aromatic N) is 7. The maximum atomic E-state index is 11.7. The van der Waals surface area contributed by atoms with Crippen molar-refractivity contribution < 1.29 is 14.6 Å². The normalized spacial score (nSPS) is 14.9. The smallest absolute Gasteiger partial charge is 0.248 e. The molecule has 1 aliphatic heterocycles. The largest absolute Gasteiger partial charge is 0.487 e. The van der Waals surface area contributed by atoms with Crippen molar-refractivity contribution in [1.82, 2.24) is 29.6 Å². The summed E-state index contributed by atoms with van der Waals surface area (Å²) < 4.78 is 7.76. The molecule has 0 radical (unpaired) electrons. The van der Waals surface area contributed by atoms with Crippen molar-refractivity contribution >= 4 is 5.91 Å². The second-order valence-corrected chi connectivity index (χ2v) is 8.84. The average Bonchev–Trinajstić information content (AvgIpc) is 3.58. The van der Waals surface area contributed by atoms with E-state index in [1.54, 1.807) is 40.3 Å². The fourth-order valence-electron chi connectivity index (χ4n) is 4.33. The Morgan fingerprint density at radius 2 is 2.03 bits per heavy atom. The Morgan fingerprint density at radius 1 is 1.16 bits per heavy atom. The number of aromatic nitrogens is 5. The van der Waals surface area contributed by atoms with Crippen LogP contribution in [-0.2, 0) is 18.3 Å². The van der Waals surface area contributed by atoms with Crippen molar-refractivity contribution in [2.75, 3.05) is 19.7 Å². The predicted octanol–water partition coefficient (Wildman–Crippen LogP) is 2.37. The minimum absolute atomic E-state index is 0.226. The van der Waals surface area contributed by atoms with Gasteiger partial charge in [0.2, 0.25) is 5.91 Å². The molecular formula is C27H25N7O3. The molecule has 4 heterocycles. The van der Waals surface area contributed by atoms with Crippen LogP contribution in [0.15, 0.2) is 61.2 Å². The first-order chi connectivity index (χ1) is 18.0. The molecule has 186 valence electrons. The number of rotatable bonds is 7. The molecule has 0 bridgehead atoms. The minimum Gasteiger partial charge on any atom is -0.487 e. The summed E-state index contributed by atoms with van der Waals surface area (Å²) in [6.07, 6.45) is 8.12. The quantitative estimate of drug-likeness (QED) is 0.414. The fourth-order valence-corrected chi connectivity index (χ4v) is 4.33. The van der Waals surface area contributed by atoms with Crippen LogP contribution in [0.5, 0.6) is 5.75 Å². The lowest BCUT2D eigenvalue weighted by Gasteiger charge is -2.17. The number of hydrogen-bond donors (Lipinski definition) is 1. The molecule has 4 aromatic rings. The Labute approximate surface area is 213 Å². The van der Waals surface area contributed by atoms with Crippen LogP contribution >= 0.6 is 0 Å². The van der Waals surface area contributed by atoms with E-state index in [1.165, 1.54) is 0 Å². The Bertz CT molecular complexity index is 1480. The van der Waals surface area contributed by atoms with Crippen LogP contribution in [0.25, 0.3) is 22.5 Å². The van der Waals surface area contributed by atoms with Crippen molar-refractivity contribution in [2.45, 2.75) is 18.9 Å². The number of nitriles is 1. The van der Waals surface area contributed by atoms with E-state index in [-0.39, 0.29) is 12.0 Å². The van der Waals surface area contributed by atoms with Gasteiger partial charge in [-0.25, -0.2) is 9.97 Å². The van der Waals surface area contributed by atoms with E-state index in [0.29, 0.717) is 48.8 Å². The van der Waals surface area contributed by atoms with Crippen LogP contribution in [0, 0.1) is 11.3 Å². The van der Waals surface area contributed by atoms with Gasteiger partial charge in [0, 0.05) is 56.2 Å². The molecule has 10 nitrogen and oxygen atoms in total. The molecule has 1 amide bonds. The highest BCUT2D eigenvalue weighted by Gasteiger charge is 2.27. The van der Waals surface area contributed by atoms with Gasteiger partial charge >= 0.3 is 0 Å². The first-order valence-corrected chi connectivity index (χ1v) is 11.9. The van der Waals surface area contributed by atoms with E-state index in [2.05, 4.69) is 21.1 Å². The molecule has 1 N–H and O–H groups in total. The highest BCUT2D eigenvalue weighted by molar-refractivity contribution is 5.77. The zero-order chi connectivity index (χ0) is 25.8. The summed E-state index contributed by atoms with van der Waals surface area (Å²) in [4.78, 5) is 26.9. The molecule has 1 fully saturated rings. The molecular weight excluding hydrogens is 470 g/mol. The van der Waals surface area contributed by atoms with Crippen LogP contribution < -0.4 is 4.74 Å². The monoisotopic (exact) mass is 495 g/mol. The van der Waals surface area contributed by atoms with Crippen molar-refractivity contribution in [2.24, 2.45) is 7.05 Å². The number of pyridine rings is 1. The minimum atomic E-state index is -0.515. The molecule has 37 heavy (non-hydrogen) atoms. The molecule has 1 aliphatic rings. The van der Waals surface area contributed by atoms with Crippen molar-refractivity contribution in [3.8, 4) is 34.3 Å². The molecule has 5 rings (SSSR count). The van der Waals surface area contributed by atoms with Gasteiger partial charge < -0.3 is 14.7 Å². The molecule has 10 heteroatoms. The summed E-state index contributed by atoms with van der Waals surface area (Å²) in [5.41, 5.74) is 4.67. The second kappa shape index (κ2) is 10.6. The molecule has 0 spiro atoms. The third-order valence-electron chi connectivity index (χ3n) is 6.22. The molecule has 0 aliphatic carbocycles. The lowest BCUT2D eigenvalue weighted by atomic mass is 10.1. The number of aliphatic hydroxyl groups is 1. The Morgan fingerprint density at radius 3 is 2.81 bits per heavy atom. The van der Waals surface area contributed by atoms with Crippen LogP contribution in [0.2, 0.25) is 0 Å². The first kappa shape index (κ1) is 24.1. The van der Waals surface area contributed by atoms with Gasteiger partial charge in [0.1, 0.15) is 30.4 Å². The van der Waals surface area contributed by atoms with E-state index in [1.807, 2.05) is 37.5 Å². The number of carbonyl (C=O) groups is 1. The van der Waals surface area contributed by atoms with Gasteiger partial charge in [0.25, 0.3) is 0 Å². The number of hydrogen-bond acceptors (Lipinski definition) is 8. The zero-order valence-corrected chi connectivity index (χ0v) is 20.3. The third-order valence-corrected chi connectivity index (χ3v) is 6.22. The number of carbonyl (C=O) groups excluding carboxylic acids is 1. The van der Waals surface area contributed by atoms with E-state index < -0.39 is 6.61 Å². The highest BCUT2D eigenvalue weighted by Crippen LogP contribution is 2.28. The Balaban J connectivity index is 1.32. The van der Waals surface area contributed by atoms with Crippen molar-refractivity contribution in [1.29, 1.82) is 5.26 Å². The maximum Gasteiger partial charge on any atom is 0.248 e. The zero-order valence-electron chi connectivity index (χ0n) is 20.3. The van der Waals surface area contributed by atoms with Gasteiger partial charge in [-0.05, 0) is 42.0 Å². The first-order valence-electron chi connectivity index (χ1n) is 11.9. The topological polar surface area (TPSA) is 130 Å². The standard InChI is InChI=1S/C27H25N7O3/c1-33-15-21(14-31-33)24-10-18(4-7-29-24)11-26-30-8-5-23(32-26)19-2-3-25(20(12-19)13-28)37-22-6-9-34(16-22)27(36)17-35/h2-5,7-8,10,12,14-15,22,35H,6,9,11,16-17H2,1H3/t22-/m1/s1. The van der Waals surface area contributed by atoms with E-state index in [9.17, 15) is 10.1 Å². The van der Waals surface area contributed by atoms with Gasteiger partial charge in [-0.15, -0.1) is 0 Å². The van der Waals surface area contributed by atoms with Gasteiger partial charge in [0.15, 0.2) is 0 Å². The van der Waals surface area contributed by atoms with Crippen molar-refractivity contribution in [3.63, 3.8) is 0 Å². The number of likely N-dealkylation sites (tertiary alicyclic amines) is 1. The Kier molecular flexibility index (Phi) is 6.87. The predicted molar refractivity (Wildman–Crippen MR) is 134 cm³/mol. The molecule has 3 aromatic heterocycles. The number of aliphatic hydroxyl groups excluding tert-OH is 1. The van der Waals surface area contributed by atoms with Crippen LogP contribution in [0.1, 0.15) is 23.4 Å². The summed E-state index contributed by atoms with van der Waals surface area (Å²) in [7, 11) is 1.87. The summed E-state index contributed by atoms with van der Waals surface area (Å²) >= 11 is 0. The average molecular weight is 496 g/mol. The highest BCUT2D eigenvalue weighted by atomic mass is 16.5. The van der Waals surface area contributed by atoms with Gasteiger partial charge in [-0.2, -0.15) is 10.4 Å². The third kappa shape index (κ3) is 5.47. The van der Waals surface area contributed by atoms with Crippen LogP contribution in [-0.4, -0.2) is 66.4 Å². The molecule has 1 aromatic carbocycles. The molecule has 1 saturated heterocycles. The molecule has 1 atom stereocenters. The van der Waals surface area contributed by atoms with E-state index >= 15 is 0 Å². The van der Waals surface area contributed by atoms with Gasteiger partial charge in [-0.1, -0.05) is 0 Å². The SMILES string of the molecule is Cn1cc(-c2cc(Cc3nccc(-c4ccc(O[C@@H]5CCN(C(=O)CO)C5)c(C#N)c4)n3)ccn2)cn1. The summed E-state index contributed by atoms with van der Waals surface area (Å²) in [5.74, 6) is 0.796. The summed E-state index contributed by atoms with van der Waals surface area (Å²) in [6, 6.07) is 13.3. The summed E-state index contributed by atoms with van der Waals surface area (Å²) in [6.45, 7) is 0.395. The number of benzene rings is 1. The van der Waals surface area contributed by atoms with Gasteiger partial charge in [-0.3, -0.25) is 14.5 Å². The lowest BCUT2D eigenvalue weighted by molar-refractivity contribution is -0.133. The maximum absolute atomic E-state index is 11.7. The van der Waals surface area contributed by atoms with Crippen LogP contribution in [0.4, 0.5) is 0 Å². The van der Waals surface area contributed by atoms with Gasteiger partial charge in [0.05, 0.1) is 29.7 Å². The second-order valence-electron chi connectivity index (χ2n) is 8.84. The number of aryl methyl sites for hydroxylation is 1. The van der Waals surface area contributed by atoms with E-state index in [4.69, 9.17) is 14.8 Å². The fraction of sp³-hybridized carbons (Fsp3) is 0.259. The van der Waals surface area contributed by atoms with Crippen molar-refractivity contribution in [3.05, 3.63) is 78.1 Å². The molecule has 0 unspecified atom stereocenters. The Hall–Kier alpha value is -4.62. The lowest BCUT2D eigenvalue weighted by Crippen LogP contribution is -2.32. The summed E-state index contributed by atoms with van der Waals surface area (Å²) in [5, 5.41) is 23.0. The van der Waals surface area contributed by atoms with E-state index in [0.717, 1.165) is 22.4 Å².